The molecule has 1 unspecified atom stereocenters. The Kier molecular flexibility index (Phi) is 3.42. The van der Waals surface area contributed by atoms with Crippen molar-refractivity contribution >= 4 is 0 Å². The summed E-state index contributed by atoms with van der Waals surface area (Å²) in [4.78, 5) is 2.55. The van der Waals surface area contributed by atoms with Crippen LogP contribution in [-0.4, -0.2) is 50.3 Å². The largest absolute Gasteiger partial charge is 0.376 e. The van der Waals surface area contributed by atoms with Crippen LogP contribution in [0, 0.1) is 0 Å². The Labute approximate surface area is 86.8 Å². The highest BCUT2D eigenvalue weighted by molar-refractivity contribution is 4.90. The third kappa shape index (κ3) is 2.27. The van der Waals surface area contributed by atoms with Crippen LogP contribution in [0.15, 0.2) is 0 Å². The van der Waals surface area contributed by atoms with Crippen LogP contribution in [0.2, 0.25) is 0 Å². The van der Waals surface area contributed by atoms with Gasteiger partial charge in [0.05, 0.1) is 5.60 Å². The van der Waals surface area contributed by atoms with E-state index in [1.165, 1.54) is 38.8 Å². The van der Waals surface area contributed by atoms with Gasteiger partial charge in [0.2, 0.25) is 0 Å². The average molecular weight is 198 g/mol. The first-order valence-corrected chi connectivity index (χ1v) is 5.83. The van der Waals surface area contributed by atoms with Gasteiger partial charge in [-0.2, -0.15) is 0 Å². The Hall–Kier alpha value is -0.120. The minimum Gasteiger partial charge on any atom is -0.376 e. The Morgan fingerprint density at radius 2 is 2.07 bits per heavy atom. The average Bonchev–Trinajstić information content (AvgIpc) is 2.72. The maximum Gasteiger partial charge on any atom is 0.0928 e. The van der Waals surface area contributed by atoms with Gasteiger partial charge < -0.3 is 15.0 Å². The quantitative estimate of drug-likeness (QED) is 0.727. The summed E-state index contributed by atoms with van der Waals surface area (Å²) in [5.41, 5.74) is 0.0998. The molecule has 0 amide bonds. The van der Waals surface area contributed by atoms with Gasteiger partial charge in [0, 0.05) is 20.2 Å². The van der Waals surface area contributed by atoms with E-state index in [0.29, 0.717) is 0 Å². The molecule has 2 rings (SSSR count). The molecule has 0 aliphatic carbocycles. The molecule has 1 N–H and O–H groups in total. The van der Waals surface area contributed by atoms with E-state index >= 15 is 0 Å². The van der Waals surface area contributed by atoms with Crippen molar-refractivity contribution in [2.45, 2.75) is 31.3 Å². The van der Waals surface area contributed by atoms with Crippen molar-refractivity contribution in [3.63, 3.8) is 0 Å². The Morgan fingerprint density at radius 3 is 2.64 bits per heavy atom. The highest BCUT2D eigenvalue weighted by Crippen LogP contribution is 2.23. The lowest BCUT2D eigenvalue weighted by atomic mass is 9.93. The Morgan fingerprint density at radius 1 is 1.29 bits per heavy atom. The molecule has 0 aromatic rings. The number of nitrogens with zero attached hydrogens (tertiary/aromatic N) is 1. The summed E-state index contributed by atoms with van der Waals surface area (Å²) in [6.07, 6.45) is 5.20. The van der Waals surface area contributed by atoms with E-state index in [0.717, 1.165) is 19.6 Å². The summed E-state index contributed by atoms with van der Waals surface area (Å²) in [6.45, 7) is 5.85. The minimum absolute atomic E-state index is 0.0998. The summed E-state index contributed by atoms with van der Waals surface area (Å²) < 4.78 is 5.74. The molecule has 0 radical (unpaired) electrons. The smallest absolute Gasteiger partial charge is 0.0928 e. The predicted octanol–water partition coefficient (Wildman–Crippen LogP) is 0.851. The van der Waals surface area contributed by atoms with Crippen molar-refractivity contribution in [3.05, 3.63) is 0 Å². The first kappa shape index (κ1) is 10.4. The van der Waals surface area contributed by atoms with E-state index in [1.54, 1.807) is 0 Å². The lowest BCUT2D eigenvalue weighted by Gasteiger charge is -2.39. The van der Waals surface area contributed by atoms with E-state index < -0.39 is 0 Å². The molecule has 0 aromatic heterocycles. The molecular weight excluding hydrogens is 176 g/mol. The molecular formula is C11H22N2O. The van der Waals surface area contributed by atoms with Crippen LogP contribution in [0.1, 0.15) is 25.7 Å². The van der Waals surface area contributed by atoms with Gasteiger partial charge in [-0.1, -0.05) is 0 Å². The normalized spacial score (nSPS) is 34.9. The molecule has 82 valence electrons. The molecule has 1 atom stereocenters. The van der Waals surface area contributed by atoms with Gasteiger partial charge in [-0.25, -0.2) is 0 Å². The van der Waals surface area contributed by atoms with Gasteiger partial charge in [0.1, 0.15) is 0 Å². The highest BCUT2D eigenvalue weighted by atomic mass is 16.5. The lowest BCUT2D eigenvalue weighted by molar-refractivity contribution is -0.0482. The summed E-state index contributed by atoms with van der Waals surface area (Å²) in [6, 6.07) is 0. The molecule has 0 spiro atoms. The van der Waals surface area contributed by atoms with Crippen LogP contribution in [0.5, 0.6) is 0 Å². The first-order valence-electron chi connectivity index (χ1n) is 5.83. The molecule has 2 aliphatic heterocycles. The van der Waals surface area contributed by atoms with E-state index in [4.69, 9.17) is 4.74 Å². The molecule has 2 saturated heterocycles. The van der Waals surface area contributed by atoms with Crippen molar-refractivity contribution in [2.24, 2.45) is 0 Å². The number of ether oxygens (including phenoxy) is 1. The fourth-order valence-electron chi connectivity index (χ4n) is 2.66. The highest BCUT2D eigenvalue weighted by Gasteiger charge is 2.34. The van der Waals surface area contributed by atoms with Crippen LogP contribution in [0.4, 0.5) is 0 Å². The van der Waals surface area contributed by atoms with Crippen molar-refractivity contribution in [1.29, 1.82) is 0 Å². The summed E-state index contributed by atoms with van der Waals surface area (Å²) in [5, 5.41) is 3.45. The van der Waals surface area contributed by atoms with E-state index in [1.807, 2.05) is 7.11 Å². The Balaban J connectivity index is 1.89. The fourth-order valence-corrected chi connectivity index (χ4v) is 2.66. The second-order valence-electron chi connectivity index (χ2n) is 4.65. The molecule has 14 heavy (non-hydrogen) atoms. The zero-order valence-corrected chi connectivity index (χ0v) is 9.22. The monoisotopic (exact) mass is 198 g/mol. The van der Waals surface area contributed by atoms with Crippen LogP contribution in [0.3, 0.4) is 0 Å². The zero-order valence-electron chi connectivity index (χ0n) is 9.22. The minimum atomic E-state index is 0.0998. The Bertz CT molecular complexity index is 172. The number of piperidine rings is 1. The molecule has 2 aliphatic rings. The number of methoxy groups -OCH3 is 1. The van der Waals surface area contributed by atoms with Crippen molar-refractivity contribution in [3.8, 4) is 0 Å². The molecule has 0 bridgehead atoms. The number of likely N-dealkylation sites (tertiary alicyclic amines) is 1. The second kappa shape index (κ2) is 4.60. The van der Waals surface area contributed by atoms with Gasteiger partial charge in [-0.15, -0.1) is 0 Å². The summed E-state index contributed by atoms with van der Waals surface area (Å²) >= 11 is 0. The standard InChI is InChI=1S/C11H22N2O/c1-14-11(5-4-6-12-9-11)10-13-7-2-3-8-13/h12H,2-10H2,1H3. The molecule has 3 nitrogen and oxygen atoms in total. The maximum atomic E-state index is 5.74. The maximum absolute atomic E-state index is 5.74. The molecule has 0 saturated carbocycles. The van der Waals surface area contributed by atoms with Crippen LogP contribution < -0.4 is 5.32 Å². The van der Waals surface area contributed by atoms with Gasteiger partial charge in [0.25, 0.3) is 0 Å². The molecule has 2 fully saturated rings. The SMILES string of the molecule is COC1(CN2CCCC2)CCCNC1. The topological polar surface area (TPSA) is 24.5 Å². The van der Waals surface area contributed by atoms with E-state index in [2.05, 4.69) is 10.2 Å². The zero-order chi connectivity index (χ0) is 9.86. The van der Waals surface area contributed by atoms with Gasteiger partial charge in [-0.05, 0) is 45.3 Å². The van der Waals surface area contributed by atoms with Gasteiger partial charge in [0.15, 0.2) is 0 Å². The molecule has 3 heteroatoms. The van der Waals surface area contributed by atoms with Crippen molar-refractivity contribution in [2.75, 3.05) is 39.8 Å². The summed E-state index contributed by atoms with van der Waals surface area (Å²) in [7, 11) is 1.86. The van der Waals surface area contributed by atoms with Crippen molar-refractivity contribution < 1.29 is 4.74 Å². The summed E-state index contributed by atoms with van der Waals surface area (Å²) in [5.74, 6) is 0. The van der Waals surface area contributed by atoms with Crippen LogP contribution >= 0.6 is 0 Å². The lowest BCUT2D eigenvalue weighted by Crippen LogP contribution is -2.53. The van der Waals surface area contributed by atoms with E-state index in [9.17, 15) is 0 Å². The van der Waals surface area contributed by atoms with Crippen molar-refractivity contribution in [1.82, 2.24) is 10.2 Å². The third-order valence-corrected chi connectivity index (χ3v) is 3.58. The van der Waals surface area contributed by atoms with Gasteiger partial charge >= 0.3 is 0 Å². The fraction of sp³-hybridized carbons (Fsp3) is 1.00. The number of nitrogens with one attached hydrogen (secondary N) is 1. The van der Waals surface area contributed by atoms with Crippen LogP contribution in [-0.2, 0) is 4.74 Å². The number of rotatable bonds is 3. The third-order valence-electron chi connectivity index (χ3n) is 3.58. The van der Waals surface area contributed by atoms with E-state index in [-0.39, 0.29) is 5.60 Å². The first-order chi connectivity index (χ1) is 6.85. The van der Waals surface area contributed by atoms with Gasteiger partial charge in [-0.3, -0.25) is 0 Å². The predicted molar refractivity (Wildman–Crippen MR) is 57.5 cm³/mol. The number of hydrogen-bond donors (Lipinski definition) is 1. The second-order valence-corrected chi connectivity index (χ2v) is 4.65. The number of hydrogen-bond acceptors (Lipinski definition) is 3. The molecule has 2 heterocycles. The molecule has 0 aromatic carbocycles. The van der Waals surface area contributed by atoms with Crippen LogP contribution in [0.25, 0.3) is 0 Å².